The van der Waals surface area contributed by atoms with Gasteiger partial charge in [-0.1, -0.05) is 43.3 Å². The topological polar surface area (TPSA) is 250 Å². The van der Waals surface area contributed by atoms with Gasteiger partial charge < -0.3 is 39.5 Å². The quantitative estimate of drug-likeness (QED) is 0.0243. The first-order valence-corrected chi connectivity index (χ1v) is 29.5. The van der Waals surface area contributed by atoms with Gasteiger partial charge >= 0.3 is 0 Å². The Hall–Kier alpha value is -7.45. The lowest BCUT2D eigenvalue weighted by atomic mass is 9.91. The molecule has 0 spiro atoms. The van der Waals surface area contributed by atoms with Crippen LogP contribution in [0.4, 0.5) is 17.1 Å². The Morgan fingerprint density at radius 2 is 1.35 bits per heavy atom. The van der Waals surface area contributed by atoms with E-state index in [2.05, 4.69) is 21.5 Å². The maximum absolute atomic E-state index is 14.5. The van der Waals surface area contributed by atoms with Crippen molar-refractivity contribution in [1.82, 2.24) is 5.32 Å². The number of carbonyl (C=O) groups excluding carboxylic acids is 6. The lowest BCUT2D eigenvalue weighted by Gasteiger charge is -2.28. The highest BCUT2D eigenvalue weighted by Gasteiger charge is 2.44. The molecule has 0 saturated heterocycles. The molecule has 4 heterocycles. The molecule has 18 nitrogen and oxygen atoms in total. The minimum atomic E-state index is -4.44. The van der Waals surface area contributed by atoms with Crippen LogP contribution in [0.15, 0.2) is 91.0 Å². The van der Waals surface area contributed by atoms with Gasteiger partial charge in [-0.2, -0.15) is 8.42 Å². The van der Waals surface area contributed by atoms with Crippen molar-refractivity contribution in [3.05, 3.63) is 141 Å². The fourth-order valence-electron chi connectivity index (χ4n) is 11.8. The summed E-state index contributed by atoms with van der Waals surface area (Å²) in [6, 6.07) is 26.6. The van der Waals surface area contributed by atoms with E-state index < -0.39 is 45.7 Å². The van der Waals surface area contributed by atoms with Crippen molar-refractivity contribution >= 4 is 62.4 Å². The first-order valence-electron chi connectivity index (χ1n) is 27.8. The van der Waals surface area contributed by atoms with E-state index >= 15 is 0 Å². The lowest BCUT2D eigenvalue weighted by molar-refractivity contribution is -0.129. The van der Waals surface area contributed by atoms with E-state index in [1.54, 1.807) is 43.0 Å². The number of anilines is 3. The lowest BCUT2D eigenvalue weighted by Crippen LogP contribution is -2.43. The number of ether oxygens (including phenoxy) is 3. The third kappa shape index (κ3) is 13.8. The summed E-state index contributed by atoms with van der Waals surface area (Å²) in [4.78, 5) is 89.0. The van der Waals surface area contributed by atoms with E-state index in [0.29, 0.717) is 103 Å². The second-order valence-corrected chi connectivity index (χ2v) is 23.5. The molecule has 4 amide bonds. The molecule has 0 radical (unpaired) electrons. The number of ketones is 2. The van der Waals surface area contributed by atoms with Crippen molar-refractivity contribution in [2.75, 3.05) is 34.6 Å². The van der Waals surface area contributed by atoms with Gasteiger partial charge in [0.25, 0.3) is 21.9 Å². The Labute approximate surface area is 472 Å². The van der Waals surface area contributed by atoms with Crippen molar-refractivity contribution in [3.8, 4) is 17.2 Å². The standard InChI is InChI=1S/C62H71N5O13S/c1-37-23-50-42(20-21-48-29-43-13-5-8-17-52(43)66(48)61(50)72)31-56(37)78-34-40-25-41(27-47(26-40)65-60(71)38(2)24-55(69)39(3)64-59(70)19-10-7-15-49(68)16-11-12-22-80-63)35-79-58-32-45-28-46(36-81(74,75)76)54-30-44-14-6-9-18-53(44)67(54)62(73)51(45)33-57(58)77-4/h5-6,8-9,13-14,17-18,23,25-27,31-33,38-39,46,48,54H,7,10-12,15-16,19-22,24,28-30,34-36,63H2,1-4H3,(H,64,70)(H,65,71)(H,74,75,76)/t38-,39+,46?,48-,54+/m1/s1. The number of nitrogens with zero attached hydrogens (tertiary/aromatic N) is 2. The SMILES string of the molecule is COc1cc2c(cc1OCc1cc(COc3cc4c(cc3C)C(=O)N3c5ccccc5C[C@H]3CC4)cc(NC(=O)[C@H](C)CC(=O)[C@H](C)NC(=O)CCCCC(=O)CCCCON)c1)CC(CS(=O)(=O)O)[C@@H]1Cc3ccccc3N1C2=O. The fraction of sp³-hybridized carbons (Fsp3) is 0.419. The summed E-state index contributed by atoms with van der Waals surface area (Å²) in [7, 11) is -2.98. The first kappa shape index (κ1) is 58.2. The molecular formula is C62H71N5O13S. The fourth-order valence-corrected chi connectivity index (χ4v) is 12.7. The maximum Gasteiger partial charge on any atom is 0.265 e. The number of Topliss-reactive ketones (excluding diaryl/α,β-unsaturated/α-hetero) is 2. The molecule has 4 aliphatic heterocycles. The van der Waals surface area contributed by atoms with Gasteiger partial charge in [0.2, 0.25) is 11.8 Å². The summed E-state index contributed by atoms with van der Waals surface area (Å²) in [6.45, 7) is 5.50. The molecule has 5 aromatic carbocycles. The van der Waals surface area contributed by atoms with Gasteiger partial charge in [0.05, 0.1) is 25.5 Å². The zero-order valence-corrected chi connectivity index (χ0v) is 47.1. The molecule has 81 heavy (non-hydrogen) atoms. The molecule has 19 heteroatoms. The van der Waals surface area contributed by atoms with Crippen LogP contribution in [0.5, 0.6) is 17.2 Å². The molecule has 5 atom stereocenters. The number of nitrogens with one attached hydrogen (secondary N) is 2. The second-order valence-electron chi connectivity index (χ2n) is 22.0. The van der Waals surface area contributed by atoms with Crippen LogP contribution in [0.1, 0.15) is 131 Å². The van der Waals surface area contributed by atoms with Crippen LogP contribution >= 0.6 is 0 Å². The van der Waals surface area contributed by atoms with Crippen molar-refractivity contribution < 1.29 is 60.8 Å². The monoisotopic (exact) mass is 1130 g/mol. The average molecular weight is 1130 g/mol. The molecule has 4 aliphatic rings. The van der Waals surface area contributed by atoms with E-state index in [0.717, 1.165) is 35.2 Å². The zero-order valence-electron chi connectivity index (χ0n) is 46.3. The van der Waals surface area contributed by atoms with Gasteiger partial charge in [0.15, 0.2) is 17.3 Å². The number of hydrogen-bond acceptors (Lipinski definition) is 13. The van der Waals surface area contributed by atoms with Crippen LogP contribution < -0.4 is 40.5 Å². The molecule has 5 N–H and O–H groups in total. The van der Waals surface area contributed by atoms with Gasteiger partial charge in [0.1, 0.15) is 24.7 Å². The van der Waals surface area contributed by atoms with Crippen LogP contribution in [0, 0.1) is 18.8 Å². The van der Waals surface area contributed by atoms with Crippen LogP contribution in [0.3, 0.4) is 0 Å². The third-order valence-corrected chi connectivity index (χ3v) is 16.8. The number of benzene rings is 5. The number of carbonyl (C=O) groups is 6. The van der Waals surface area contributed by atoms with Gasteiger partial charge in [0, 0.05) is 77.8 Å². The van der Waals surface area contributed by atoms with Gasteiger partial charge in [-0.05, 0) is 165 Å². The zero-order chi connectivity index (χ0) is 57.5. The molecule has 0 aromatic heterocycles. The number of methoxy groups -OCH3 is 1. The van der Waals surface area contributed by atoms with E-state index in [-0.39, 0.29) is 79.3 Å². The number of para-hydroxylation sites is 2. The Balaban J connectivity index is 0.916. The molecule has 0 fully saturated rings. The largest absolute Gasteiger partial charge is 0.493 e. The van der Waals surface area contributed by atoms with Crippen LogP contribution in [0.25, 0.3) is 0 Å². The number of unbranched alkanes of at least 4 members (excludes halogenated alkanes) is 2. The summed E-state index contributed by atoms with van der Waals surface area (Å²) < 4.78 is 53.9. The molecule has 1 unspecified atom stereocenters. The Morgan fingerprint density at radius 1 is 0.728 bits per heavy atom. The molecule has 0 aliphatic carbocycles. The number of fused-ring (bicyclic) bond motifs is 8. The van der Waals surface area contributed by atoms with E-state index in [4.69, 9.17) is 20.1 Å². The summed E-state index contributed by atoms with van der Waals surface area (Å²) >= 11 is 0. The van der Waals surface area contributed by atoms with E-state index in [1.165, 1.54) is 12.7 Å². The van der Waals surface area contributed by atoms with Gasteiger partial charge in [-0.25, -0.2) is 5.90 Å². The summed E-state index contributed by atoms with van der Waals surface area (Å²) in [5.41, 5.74) is 8.52. The van der Waals surface area contributed by atoms with E-state index in [9.17, 15) is 41.7 Å². The Morgan fingerprint density at radius 3 is 2.04 bits per heavy atom. The minimum absolute atomic E-state index is 0.0317. The number of nitrogens with two attached hydrogens (primary N) is 1. The van der Waals surface area contributed by atoms with Crippen molar-refractivity contribution in [2.45, 2.75) is 136 Å². The second kappa shape index (κ2) is 25.6. The van der Waals surface area contributed by atoms with Gasteiger partial charge in [-0.3, -0.25) is 33.3 Å². The summed E-state index contributed by atoms with van der Waals surface area (Å²) in [6.07, 6.45) is 6.05. The molecular weight excluding hydrogens is 1050 g/mol. The average Bonchev–Trinajstić information content (AvgIpc) is 4.00. The Bertz CT molecular complexity index is 3350. The number of hydrogen-bond donors (Lipinski definition) is 4. The van der Waals surface area contributed by atoms with Crippen molar-refractivity contribution in [1.29, 1.82) is 0 Å². The highest BCUT2D eigenvalue weighted by atomic mass is 32.2. The molecule has 428 valence electrons. The number of rotatable bonds is 25. The Kier molecular flexibility index (Phi) is 18.4. The first-order chi connectivity index (χ1) is 38.9. The predicted molar refractivity (Wildman–Crippen MR) is 305 cm³/mol. The predicted octanol–water partition coefficient (Wildman–Crippen LogP) is 8.54. The summed E-state index contributed by atoms with van der Waals surface area (Å²) in [5, 5.41) is 5.71. The molecule has 0 bridgehead atoms. The van der Waals surface area contributed by atoms with Crippen LogP contribution in [0.2, 0.25) is 0 Å². The normalized spacial score (nSPS) is 17.7. The van der Waals surface area contributed by atoms with Crippen molar-refractivity contribution in [2.24, 2.45) is 17.7 Å². The van der Waals surface area contributed by atoms with Crippen LogP contribution in [-0.4, -0.2) is 85.8 Å². The maximum atomic E-state index is 14.5. The van der Waals surface area contributed by atoms with Gasteiger partial charge in [-0.15, -0.1) is 0 Å². The molecule has 9 rings (SSSR count). The number of aryl methyl sites for hydroxylation is 2. The van der Waals surface area contributed by atoms with Crippen LogP contribution in [-0.2, 0) is 73.0 Å². The van der Waals surface area contributed by atoms with Crippen molar-refractivity contribution in [3.63, 3.8) is 0 Å². The molecule has 0 saturated carbocycles. The third-order valence-electron chi connectivity index (χ3n) is 16.0. The smallest absolute Gasteiger partial charge is 0.265 e. The highest BCUT2D eigenvalue weighted by Crippen LogP contribution is 2.44. The highest BCUT2D eigenvalue weighted by molar-refractivity contribution is 7.85. The minimum Gasteiger partial charge on any atom is -0.493 e. The summed E-state index contributed by atoms with van der Waals surface area (Å²) in [5.74, 6) is 2.82. The molecule has 5 aromatic rings. The van der Waals surface area contributed by atoms with E-state index in [1.807, 2.05) is 72.5 Å². The number of amides is 4.